The van der Waals surface area contributed by atoms with Gasteiger partial charge in [-0.1, -0.05) is 32.4 Å². The Bertz CT molecular complexity index is 162. The minimum atomic E-state index is 0.370. The van der Waals surface area contributed by atoms with Crippen molar-refractivity contribution in [1.82, 2.24) is 4.90 Å². The van der Waals surface area contributed by atoms with Crippen molar-refractivity contribution in [2.75, 3.05) is 20.1 Å². The summed E-state index contributed by atoms with van der Waals surface area (Å²) >= 11 is 0. The molecule has 0 fully saturated rings. The average molecular weight is 153 g/mol. The number of hydrogen-bond donors (Lipinski definition) is 0. The van der Waals surface area contributed by atoms with Gasteiger partial charge in [0.2, 0.25) is 0 Å². The fourth-order valence-electron chi connectivity index (χ4n) is 1.44. The Morgan fingerprint density at radius 1 is 1.36 bits per heavy atom. The molecule has 0 radical (unpaired) electrons. The van der Waals surface area contributed by atoms with E-state index >= 15 is 0 Å². The monoisotopic (exact) mass is 153 g/mol. The first kappa shape index (κ1) is 8.79. The molecular weight excluding hydrogens is 134 g/mol. The lowest BCUT2D eigenvalue weighted by molar-refractivity contribution is 0.317. The highest BCUT2D eigenvalue weighted by atomic mass is 15.1. The summed E-state index contributed by atoms with van der Waals surface area (Å²) in [5.41, 5.74) is 1.96. The summed E-state index contributed by atoms with van der Waals surface area (Å²) in [6.07, 6.45) is 3.63. The average Bonchev–Trinajstić information content (AvgIpc) is 1.86. The molecular formula is C10H19N. The van der Waals surface area contributed by atoms with Gasteiger partial charge in [-0.25, -0.2) is 0 Å². The molecule has 1 heterocycles. The maximum absolute atomic E-state index is 2.40. The van der Waals surface area contributed by atoms with Gasteiger partial charge in [0, 0.05) is 13.1 Å². The highest BCUT2D eigenvalue weighted by Crippen LogP contribution is 2.27. The topological polar surface area (TPSA) is 3.24 Å². The zero-order chi connectivity index (χ0) is 8.48. The lowest BCUT2D eigenvalue weighted by atomic mass is 9.84. The van der Waals surface area contributed by atoms with Gasteiger partial charge in [0.05, 0.1) is 0 Å². The first-order chi connectivity index (χ1) is 5.00. The minimum absolute atomic E-state index is 0.370. The van der Waals surface area contributed by atoms with Crippen molar-refractivity contribution in [2.45, 2.75) is 27.2 Å². The van der Waals surface area contributed by atoms with E-state index in [4.69, 9.17) is 0 Å². The quantitative estimate of drug-likeness (QED) is 0.483. The van der Waals surface area contributed by atoms with Crippen LogP contribution in [0.5, 0.6) is 0 Å². The summed E-state index contributed by atoms with van der Waals surface area (Å²) in [7, 11) is 2.19. The molecule has 64 valence electrons. The van der Waals surface area contributed by atoms with Gasteiger partial charge in [-0.15, -0.1) is 0 Å². The molecule has 1 nitrogen and oxygen atoms in total. The summed E-state index contributed by atoms with van der Waals surface area (Å²) in [6, 6.07) is 0. The Hall–Kier alpha value is -0.300. The van der Waals surface area contributed by atoms with Crippen molar-refractivity contribution in [1.29, 1.82) is 0 Å². The highest BCUT2D eigenvalue weighted by Gasteiger charge is 2.20. The molecule has 11 heavy (non-hydrogen) atoms. The lowest BCUT2D eigenvalue weighted by Gasteiger charge is -2.31. The van der Waals surface area contributed by atoms with Crippen LogP contribution in [0.4, 0.5) is 0 Å². The molecule has 0 bridgehead atoms. The van der Waals surface area contributed by atoms with Gasteiger partial charge in [0.15, 0.2) is 0 Å². The second-order valence-corrected chi connectivity index (χ2v) is 4.51. The standard InChI is InChI=1S/C10H19N/c1-10(2,3)9-6-5-7-11(4)8-9/h6H,5,7-8H2,1-4H3. The Kier molecular flexibility index (Phi) is 2.38. The Morgan fingerprint density at radius 2 is 2.00 bits per heavy atom. The van der Waals surface area contributed by atoms with E-state index in [2.05, 4.69) is 38.8 Å². The maximum atomic E-state index is 2.40. The molecule has 0 saturated heterocycles. The van der Waals surface area contributed by atoms with E-state index in [1.807, 2.05) is 0 Å². The van der Waals surface area contributed by atoms with E-state index in [9.17, 15) is 0 Å². The largest absolute Gasteiger partial charge is 0.302 e. The fraction of sp³-hybridized carbons (Fsp3) is 0.800. The Morgan fingerprint density at radius 3 is 2.36 bits per heavy atom. The number of nitrogens with zero attached hydrogens (tertiary/aromatic N) is 1. The van der Waals surface area contributed by atoms with E-state index in [1.165, 1.54) is 13.0 Å². The zero-order valence-corrected chi connectivity index (χ0v) is 8.15. The van der Waals surface area contributed by atoms with Gasteiger partial charge in [-0.05, 0) is 18.9 Å². The van der Waals surface area contributed by atoms with Crippen LogP contribution in [0.1, 0.15) is 27.2 Å². The molecule has 1 aliphatic heterocycles. The molecule has 0 N–H and O–H groups in total. The normalized spacial score (nSPS) is 21.6. The van der Waals surface area contributed by atoms with E-state index in [0.717, 1.165) is 6.54 Å². The van der Waals surface area contributed by atoms with E-state index in [-0.39, 0.29) is 0 Å². The van der Waals surface area contributed by atoms with Crippen LogP contribution < -0.4 is 0 Å². The van der Waals surface area contributed by atoms with E-state index in [1.54, 1.807) is 5.57 Å². The molecule has 0 atom stereocenters. The van der Waals surface area contributed by atoms with Crippen LogP contribution in [0.2, 0.25) is 0 Å². The van der Waals surface area contributed by atoms with Crippen LogP contribution >= 0.6 is 0 Å². The zero-order valence-electron chi connectivity index (χ0n) is 8.15. The number of likely N-dealkylation sites (N-methyl/N-ethyl adjacent to an activating group) is 1. The summed E-state index contributed by atoms with van der Waals surface area (Å²) in [4.78, 5) is 2.39. The molecule has 0 unspecified atom stereocenters. The predicted octanol–water partition coefficient (Wildman–Crippen LogP) is 2.29. The summed E-state index contributed by atoms with van der Waals surface area (Å²) in [6.45, 7) is 9.25. The van der Waals surface area contributed by atoms with E-state index < -0.39 is 0 Å². The van der Waals surface area contributed by atoms with Gasteiger partial charge >= 0.3 is 0 Å². The van der Waals surface area contributed by atoms with Crippen LogP contribution in [-0.4, -0.2) is 25.0 Å². The van der Waals surface area contributed by atoms with Gasteiger partial charge in [-0.3, -0.25) is 0 Å². The molecule has 1 heteroatoms. The molecule has 0 aliphatic carbocycles. The maximum Gasteiger partial charge on any atom is 0.0195 e. The molecule has 1 rings (SSSR count). The molecule has 1 aliphatic rings. The summed E-state index contributed by atoms with van der Waals surface area (Å²) in [5, 5.41) is 0. The van der Waals surface area contributed by atoms with Crippen molar-refractivity contribution in [2.24, 2.45) is 5.41 Å². The third-order valence-corrected chi connectivity index (χ3v) is 2.31. The first-order valence-electron chi connectivity index (χ1n) is 4.38. The second kappa shape index (κ2) is 2.98. The van der Waals surface area contributed by atoms with Crippen LogP contribution in [0.3, 0.4) is 0 Å². The van der Waals surface area contributed by atoms with Gasteiger partial charge in [0.25, 0.3) is 0 Å². The fourth-order valence-corrected chi connectivity index (χ4v) is 1.44. The molecule has 0 aromatic carbocycles. The third kappa shape index (κ3) is 2.33. The lowest BCUT2D eigenvalue weighted by Crippen LogP contribution is -2.30. The Balaban J connectivity index is 2.65. The van der Waals surface area contributed by atoms with Gasteiger partial charge < -0.3 is 4.90 Å². The molecule has 0 aromatic heterocycles. The summed E-state index contributed by atoms with van der Waals surface area (Å²) in [5.74, 6) is 0. The molecule has 0 amide bonds. The van der Waals surface area contributed by atoms with Crippen molar-refractivity contribution in [3.05, 3.63) is 11.6 Å². The Labute approximate surface area is 70.1 Å². The van der Waals surface area contributed by atoms with Crippen LogP contribution in [-0.2, 0) is 0 Å². The number of hydrogen-bond acceptors (Lipinski definition) is 1. The molecule has 0 aromatic rings. The summed E-state index contributed by atoms with van der Waals surface area (Å²) < 4.78 is 0. The first-order valence-corrected chi connectivity index (χ1v) is 4.38. The SMILES string of the molecule is CN1CCC=C(C(C)(C)C)C1. The smallest absolute Gasteiger partial charge is 0.0195 e. The van der Waals surface area contributed by atoms with Crippen molar-refractivity contribution >= 4 is 0 Å². The number of rotatable bonds is 0. The van der Waals surface area contributed by atoms with Crippen LogP contribution in [0.15, 0.2) is 11.6 Å². The van der Waals surface area contributed by atoms with Crippen molar-refractivity contribution < 1.29 is 0 Å². The van der Waals surface area contributed by atoms with Crippen molar-refractivity contribution in [3.63, 3.8) is 0 Å². The van der Waals surface area contributed by atoms with Gasteiger partial charge in [0.1, 0.15) is 0 Å². The second-order valence-electron chi connectivity index (χ2n) is 4.51. The third-order valence-electron chi connectivity index (χ3n) is 2.31. The minimum Gasteiger partial charge on any atom is -0.302 e. The van der Waals surface area contributed by atoms with Gasteiger partial charge in [-0.2, -0.15) is 0 Å². The van der Waals surface area contributed by atoms with Crippen LogP contribution in [0.25, 0.3) is 0 Å². The molecule has 0 saturated carbocycles. The van der Waals surface area contributed by atoms with E-state index in [0.29, 0.717) is 5.41 Å². The predicted molar refractivity (Wildman–Crippen MR) is 49.7 cm³/mol. The van der Waals surface area contributed by atoms with Crippen molar-refractivity contribution in [3.8, 4) is 0 Å². The molecule has 0 spiro atoms. The highest BCUT2D eigenvalue weighted by molar-refractivity contribution is 5.15. The van der Waals surface area contributed by atoms with Crippen LogP contribution in [0, 0.1) is 5.41 Å².